The van der Waals surface area contributed by atoms with Crippen LogP contribution >= 0.6 is 0 Å². The number of pyridine rings is 3. The normalized spacial score (nSPS) is 11.6. The minimum Gasteiger partial charge on any atom is -0.335 e. The number of nitrogens with zero attached hydrogens (tertiary/aromatic N) is 5. The van der Waals surface area contributed by atoms with Crippen molar-refractivity contribution in [2.45, 2.75) is 20.3 Å². The van der Waals surface area contributed by atoms with Crippen LogP contribution < -0.4 is 5.32 Å². The fourth-order valence-electron chi connectivity index (χ4n) is 3.89. The Bertz CT molecular complexity index is 1580. The Morgan fingerprint density at radius 1 is 1.11 bits per heavy atom. The lowest BCUT2D eigenvalue weighted by atomic mass is 10.0. The number of anilines is 1. The first-order valence-corrected chi connectivity index (χ1v) is 11.4. The van der Waals surface area contributed by atoms with E-state index in [-0.39, 0.29) is 5.91 Å². The quantitative estimate of drug-likeness (QED) is 0.252. The van der Waals surface area contributed by atoms with Crippen LogP contribution in [0.1, 0.15) is 37.2 Å². The first-order chi connectivity index (χ1) is 17.6. The average Bonchev–Trinajstić information content (AvgIpc) is 3.54. The Kier molecular flexibility index (Phi) is 6.14. The highest BCUT2D eigenvalue weighted by atomic mass is 16.1. The van der Waals surface area contributed by atoms with E-state index in [0.717, 1.165) is 27.6 Å². The van der Waals surface area contributed by atoms with Crippen molar-refractivity contribution in [3.63, 3.8) is 0 Å². The van der Waals surface area contributed by atoms with Gasteiger partial charge in [-0.25, -0.2) is 15.0 Å². The average molecular weight is 478 g/mol. The zero-order valence-corrected chi connectivity index (χ0v) is 19.7. The van der Waals surface area contributed by atoms with Gasteiger partial charge in [-0.3, -0.25) is 14.9 Å². The molecule has 0 fully saturated rings. The Morgan fingerprint density at radius 3 is 2.61 bits per heavy atom. The van der Waals surface area contributed by atoms with Crippen LogP contribution in [0.15, 0.2) is 61.2 Å². The number of fused-ring (bicyclic) bond motifs is 1. The summed E-state index contributed by atoms with van der Waals surface area (Å²) in [6, 6.07) is 9.43. The fourth-order valence-corrected chi connectivity index (χ4v) is 3.89. The van der Waals surface area contributed by atoms with Gasteiger partial charge in [-0.05, 0) is 42.8 Å². The summed E-state index contributed by atoms with van der Waals surface area (Å²) in [6.07, 6.45) is 10.5. The van der Waals surface area contributed by atoms with E-state index in [1.807, 2.05) is 37.3 Å². The Labute approximate surface area is 206 Å². The summed E-state index contributed by atoms with van der Waals surface area (Å²) in [7, 11) is 0. The molecule has 0 saturated heterocycles. The van der Waals surface area contributed by atoms with E-state index < -0.39 is 0 Å². The molecule has 0 unspecified atom stereocenters. The second kappa shape index (κ2) is 9.71. The summed E-state index contributed by atoms with van der Waals surface area (Å²) < 4.78 is 0. The molecule has 0 bridgehead atoms. The van der Waals surface area contributed by atoms with E-state index in [0.29, 0.717) is 40.8 Å². The molecule has 0 aromatic carbocycles. The maximum Gasteiger partial charge on any atom is 0.225 e. The molecule has 0 saturated carbocycles. The summed E-state index contributed by atoms with van der Waals surface area (Å²) in [4.78, 5) is 32.6. The second-order valence-corrected chi connectivity index (χ2v) is 7.96. The van der Waals surface area contributed by atoms with E-state index in [1.54, 1.807) is 37.8 Å². The van der Waals surface area contributed by atoms with Gasteiger partial charge in [0.2, 0.25) is 5.91 Å². The Morgan fingerprint density at radius 2 is 1.92 bits per heavy atom. The second-order valence-electron chi connectivity index (χ2n) is 7.96. The van der Waals surface area contributed by atoms with Crippen molar-refractivity contribution in [2.24, 2.45) is 0 Å². The number of hydrogen-bond donors (Lipinski definition) is 4. The van der Waals surface area contributed by atoms with Crippen LogP contribution in [0.3, 0.4) is 0 Å². The molecule has 0 radical (unpaired) electrons. The number of H-pyrrole nitrogens is 2. The zero-order valence-electron chi connectivity index (χ0n) is 19.7. The number of rotatable bonds is 7. The van der Waals surface area contributed by atoms with E-state index >= 15 is 0 Å². The molecule has 36 heavy (non-hydrogen) atoms. The van der Waals surface area contributed by atoms with Gasteiger partial charge in [-0.15, -0.1) is 0 Å². The van der Waals surface area contributed by atoms with Crippen molar-refractivity contribution in [2.75, 3.05) is 5.32 Å². The summed E-state index contributed by atoms with van der Waals surface area (Å²) in [5.74, 6) is 0.961. The van der Waals surface area contributed by atoms with Crippen molar-refractivity contribution >= 4 is 34.5 Å². The predicted octanol–water partition coefficient (Wildman–Crippen LogP) is 4.60. The van der Waals surface area contributed by atoms with Gasteiger partial charge in [0, 0.05) is 54.1 Å². The number of amides is 1. The van der Waals surface area contributed by atoms with Crippen molar-refractivity contribution in [3.05, 3.63) is 78.1 Å². The lowest BCUT2D eigenvalue weighted by Crippen LogP contribution is -2.10. The smallest absolute Gasteiger partial charge is 0.225 e. The molecule has 0 aliphatic rings. The van der Waals surface area contributed by atoms with Gasteiger partial charge >= 0.3 is 0 Å². The summed E-state index contributed by atoms with van der Waals surface area (Å²) in [6.45, 7) is 3.73. The van der Waals surface area contributed by atoms with Gasteiger partial charge in [-0.2, -0.15) is 5.10 Å². The molecule has 10 nitrogen and oxygen atoms in total. The van der Waals surface area contributed by atoms with Crippen molar-refractivity contribution < 1.29 is 4.79 Å². The third-order valence-electron chi connectivity index (χ3n) is 5.74. The fraction of sp³-hybridized carbons (Fsp3) is 0.115. The number of nitrogens with one attached hydrogen (secondary N) is 4. The maximum atomic E-state index is 11.6. The van der Waals surface area contributed by atoms with Crippen molar-refractivity contribution in [3.8, 4) is 22.6 Å². The molecule has 10 heteroatoms. The summed E-state index contributed by atoms with van der Waals surface area (Å²) in [5.41, 5.74) is 5.99. The molecule has 4 N–H and O–H groups in total. The zero-order chi connectivity index (χ0) is 25.1. The highest BCUT2D eigenvalue weighted by Gasteiger charge is 2.19. The third kappa shape index (κ3) is 4.27. The molecule has 5 aromatic rings. The van der Waals surface area contributed by atoms with Gasteiger partial charge in [-0.1, -0.05) is 13.0 Å². The highest BCUT2D eigenvalue weighted by molar-refractivity contribution is 5.95. The Balaban J connectivity index is 1.53. The largest absolute Gasteiger partial charge is 0.335 e. The number of hydrogen-bond acceptors (Lipinski definition) is 7. The first-order valence-electron chi connectivity index (χ1n) is 11.4. The molecule has 0 aliphatic carbocycles. The van der Waals surface area contributed by atoms with E-state index in [9.17, 15) is 4.79 Å². The number of imidazole rings is 1. The molecule has 5 heterocycles. The van der Waals surface area contributed by atoms with Crippen LogP contribution in [0.5, 0.6) is 0 Å². The van der Waals surface area contributed by atoms with Crippen LogP contribution in [0, 0.1) is 5.41 Å². The minimum absolute atomic E-state index is 0.0894. The van der Waals surface area contributed by atoms with Crippen LogP contribution in [-0.4, -0.2) is 47.2 Å². The topological polar surface area (TPSA) is 149 Å². The summed E-state index contributed by atoms with van der Waals surface area (Å²) in [5, 5.41) is 18.8. The molecule has 0 atom stereocenters. The van der Waals surface area contributed by atoms with E-state index in [1.165, 1.54) is 6.21 Å². The number of aromatic amines is 2. The SMILES string of the molecule is C/C=C(/c1ccncc1)c1nc(-c2[nH]nc3ncc(-c4ccc(NC(=O)CC)nc4)cc23)[nH]c1C=N. The van der Waals surface area contributed by atoms with Gasteiger partial charge in [0.05, 0.1) is 16.8 Å². The lowest BCUT2D eigenvalue weighted by Gasteiger charge is -2.05. The van der Waals surface area contributed by atoms with Gasteiger partial charge < -0.3 is 15.7 Å². The van der Waals surface area contributed by atoms with E-state index in [4.69, 9.17) is 10.4 Å². The van der Waals surface area contributed by atoms with E-state index in [2.05, 4.69) is 35.5 Å². The number of carbonyl (C=O) groups excluding carboxylic acids is 1. The molecule has 1 amide bonds. The van der Waals surface area contributed by atoms with Crippen molar-refractivity contribution in [1.82, 2.24) is 35.1 Å². The molecule has 178 valence electrons. The monoisotopic (exact) mass is 477 g/mol. The molecule has 5 rings (SSSR count). The Hall–Kier alpha value is -4.99. The van der Waals surface area contributed by atoms with Gasteiger partial charge in [0.25, 0.3) is 0 Å². The molecule has 5 aromatic heterocycles. The number of carbonyl (C=O) groups is 1. The lowest BCUT2D eigenvalue weighted by molar-refractivity contribution is -0.115. The van der Waals surface area contributed by atoms with Crippen LogP contribution in [0.2, 0.25) is 0 Å². The predicted molar refractivity (Wildman–Crippen MR) is 138 cm³/mol. The number of allylic oxidation sites excluding steroid dienone is 1. The molecule has 0 aliphatic heterocycles. The molecular weight excluding hydrogens is 454 g/mol. The number of aromatic nitrogens is 7. The first kappa shape index (κ1) is 22.8. The van der Waals surface area contributed by atoms with Crippen LogP contribution in [0.25, 0.3) is 39.3 Å². The minimum atomic E-state index is -0.0894. The van der Waals surface area contributed by atoms with Gasteiger partial charge in [0.1, 0.15) is 11.5 Å². The van der Waals surface area contributed by atoms with Crippen LogP contribution in [0.4, 0.5) is 5.82 Å². The molecule has 0 spiro atoms. The summed E-state index contributed by atoms with van der Waals surface area (Å²) >= 11 is 0. The maximum absolute atomic E-state index is 11.6. The highest BCUT2D eigenvalue weighted by Crippen LogP contribution is 2.31. The standard InChI is InChI=1S/C26H23N9O/c1-3-18(15-7-9-28-10-8-15)23-20(12-27)31-26(33-23)24-19-11-17(14-30-25(19)35-34-24)16-5-6-21(29-13-16)32-22(36)4-2/h3,5-14,27H,4H2,1-2H3,(H,31,33)(H,29,32,36)(H,30,34,35)/b18-3-,27-12?. The van der Waals surface area contributed by atoms with Gasteiger partial charge in [0.15, 0.2) is 11.5 Å². The van der Waals surface area contributed by atoms with Crippen LogP contribution in [-0.2, 0) is 4.79 Å². The third-order valence-corrected chi connectivity index (χ3v) is 5.74. The van der Waals surface area contributed by atoms with Crippen molar-refractivity contribution in [1.29, 1.82) is 5.41 Å². The molecular formula is C26H23N9O.